The number of aromatic hydroxyl groups is 1. The van der Waals surface area contributed by atoms with Gasteiger partial charge < -0.3 is 5.11 Å². The van der Waals surface area contributed by atoms with Gasteiger partial charge in [-0.15, -0.1) is 0 Å². The fourth-order valence-electron chi connectivity index (χ4n) is 2.75. The van der Waals surface area contributed by atoms with Crippen LogP contribution in [0.2, 0.25) is 5.02 Å². The summed E-state index contributed by atoms with van der Waals surface area (Å²) in [5.74, 6) is -0.0602. The lowest BCUT2D eigenvalue weighted by Gasteiger charge is -2.27. The van der Waals surface area contributed by atoms with Crippen molar-refractivity contribution in [2.75, 3.05) is 0 Å². The first-order valence-electron chi connectivity index (χ1n) is 8.87. The molecule has 27 heavy (non-hydrogen) atoms. The van der Waals surface area contributed by atoms with Crippen molar-refractivity contribution in [3.8, 4) is 5.75 Å². The number of hydrazone groups is 1. The van der Waals surface area contributed by atoms with E-state index in [2.05, 4.69) is 52.1 Å². The van der Waals surface area contributed by atoms with Gasteiger partial charge >= 0.3 is 0 Å². The standard InChI is InChI=1S/C22H27ClN2O2/c1-21(2,3)16-11-14(12-17(19(16)26)22(4,5)6)13-24-25-20(27)15-9-7-8-10-18(15)23/h7-13,26H,1-6H3,(H,25,27). The van der Waals surface area contributed by atoms with Gasteiger partial charge in [0.2, 0.25) is 0 Å². The molecule has 0 atom stereocenters. The predicted molar refractivity (Wildman–Crippen MR) is 112 cm³/mol. The normalized spacial score (nSPS) is 12.4. The lowest BCUT2D eigenvalue weighted by atomic mass is 9.78. The molecule has 2 aromatic carbocycles. The van der Waals surface area contributed by atoms with Crippen molar-refractivity contribution < 1.29 is 9.90 Å². The molecule has 0 heterocycles. The number of benzene rings is 2. The number of rotatable bonds is 3. The molecule has 4 nitrogen and oxygen atoms in total. The number of carbonyl (C=O) groups excluding carboxylic acids is 1. The third-order valence-electron chi connectivity index (χ3n) is 4.25. The number of hydrogen-bond acceptors (Lipinski definition) is 3. The molecule has 0 fully saturated rings. The molecule has 2 rings (SSSR count). The molecule has 0 aliphatic heterocycles. The Kier molecular flexibility index (Phi) is 6.01. The minimum absolute atomic E-state index is 0.227. The fourth-order valence-corrected chi connectivity index (χ4v) is 2.97. The summed E-state index contributed by atoms with van der Waals surface area (Å²) in [5.41, 5.74) is 4.91. The Morgan fingerprint density at radius 2 is 1.56 bits per heavy atom. The van der Waals surface area contributed by atoms with E-state index in [0.29, 0.717) is 16.3 Å². The molecule has 2 aromatic rings. The van der Waals surface area contributed by atoms with Crippen LogP contribution in [0.5, 0.6) is 5.75 Å². The maximum absolute atomic E-state index is 12.2. The van der Waals surface area contributed by atoms with Gasteiger partial charge in [-0.1, -0.05) is 65.3 Å². The van der Waals surface area contributed by atoms with Crippen LogP contribution < -0.4 is 5.43 Å². The zero-order valence-electron chi connectivity index (χ0n) is 16.7. The molecule has 2 N–H and O–H groups in total. The maximum atomic E-state index is 12.2. The van der Waals surface area contributed by atoms with Crippen LogP contribution >= 0.6 is 11.6 Å². The van der Waals surface area contributed by atoms with Gasteiger partial charge in [-0.25, -0.2) is 5.43 Å². The minimum Gasteiger partial charge on any atom is -0.507 e. The van der Waals surface area contributed by atoms with Crippen LogP contribution in [0.25, 0.3) is 0 Å². The van der Waals surface area contributed by atoms with E-state index in [9.17, 15) is 9.90 Å². The Balaban J connectivity index is 2.34. The van der Waals surface area contributed by atoms with Crippen LogP contribution in [0, 0.1) is 0 Å². The second-order valence-corrected chi connectivity index (χ2v) is 9.05. The average Bonchev–Trinajstić information content (AvgIpc) is 2.54. The van der Waals surface area contributed by atoms with Crippen LogP contribution in [0.1, 0.15) is 68.6 Å². The Bertz CT molecular complexity index is 840. The number of carbonyl (C=O) groups is 1. The smallest absolute Gasteiger partial charge is 0.272 e. The van der Waals surface area contributed by atoms with E-state index in [0.717, 1.165) is 16.7 Å². The summed E-state index contributed by atoms with van der Waals surface area (Å²) in [6, 6.07) is 10.6. The Labute approximate surface area is 166 Å². The molecule has 0 spiro atoms. The van der Waals surface area contributed by atoms with E-state index < -0.39 is 0 Å². The SMILES string of the molecule is CC(C)(C)c1cc(C=NNC(=O)c2ccccc2Cl)cc(C(C)(C)C)c1O. The van der Waals surface area contributed by atoms with Crippen LogP contribution in [0.4, 0.5) is 0 Å². The molecular weight excluding hydrogens is 360 g/mol. The summed E-state index contributed by atoms with van der Waals surface area (Å²) in [4.78, 5) is 12.2. The van der Waals surface area contributed by atoms with Gasteiger partial charge in [0.05, 0.1) is 16.8 Å². The van der Waals surface area contributed by atoms with Gasteiger partial charge in [0.15, 0.2) is 0 Å². The van der Waals surface area contributed by atoms with Crippen LogP contribution in [0.15, 0.2) is 41.5 Å². The van der Waals surface area contributed by atoms with E-state index in [1.165, 1.54) is 0 Å². The Morgan fingerprint density at radius 3 is 2.04 bits per heavy atom. The summed E-state index contributed by atoms with van der Waals surface area (Å²) in [7, 11) is 0. The van der Waals surface area contributed by atoms with Crippen molar-refractivity contribution in [1.82, 2.24) is 5.43 Å². The lowest BCUT2D eigenvalue weighted by molar-refractivity contribution is 0.0955. The van der Waals surface area contributed by atoms with Crippen LogP contribution in [-0.4, -0.2) is 17.2 Å². The van der Waals surface area contributed by atoms with E-state index in [4.69, 9.17) is 11.6 Å². The van der Waals surface area contributed by atoms with Gasteiger partial charge in [0, 0.05) is 11.1 Å². The number of nitrogens with zero attached hydrogens (tertiary/aromatic N) is 1. The van der Waals surface area contributed by atoms with Gasteiger partial charge in [0.1, 0.15) is 5.75 Å². The number of halogens is 1. The molecule has 0 saturated carbocycles. The van der Waals surface area contributed by atoms with Gasteiger partial charge in [-0.3, -0.25) is 4.79 Å². The van der Waals surface area contributed by atoms with Crippen molar-refractivity contribution in [1.29, 1.82) is 0 Å². The van der Waals surface area contributed by atoms with Crippen LogP contribution in [-0.2, 0) is 10.8 Å². The monoisotopic (exact) mass is 386 g/mol. The Morgan fingerprint density at radius 1 is 1.04 bits per heavy atom. The molecule has 0 bridgehead atoms. The predicted octanol–water partition coefficient (Wildman–Crippen LogP) is 5.40. The molecule has 144 valence electrons. The molecule has 0 aromatic heterocycles. The number of amides is 1. The first-order valence-corrected chi connectivity index (χ1v) is 9.25. The molecule has 0 aliphatic rings. The first-order chi connectivity index (χ1) is 12.4. The van der Waals surface area contributed by atoms with Crippen molar-refractivity contribution in [3.63, 3.8) is 0 Å². The lowest BCUT2D eigenvalue weighted by Crippen LogP contribution is -2.19. The first kappa shape index (κ1) is 21.0. The summed E-state index contributed by atoms with van der Waals surface area (Å²) >= 11 is 6.03. The second-order valence-electron chi connectivity index (χ2n) is 8.64. The maximum Gasteiger partial charge on any atom is 0.272 e. The summed E-state index contributed by atoms with van der Waals surface area (Å²) in [6.45, 7) is 12.3. The highest BCUT2D eigenvalue weighted by atomic mass is 35.5. The van der Waals surface area contributed by atoms with Crippen molar-refractivity contribution in [2.45, 2.75) is 52.4 Å². The zero-order valence-corrected chi connectivity index (χ0v) is 17.5. The third-order valence-corrected chi connectivity index (χ3v) is 4.58. The second kappa shape index (κ2) is 7.73. The number of phenols is 1. The number of nitrogens with one attached hydrogen (secondary N) is 1. The summed E-state index contributed by atoms with van der Waals surface area (Å²) in [6.07, 6.45) is 1.58. The number of hydrogen-bond donors (Lipinski definition) is 2. The highest BCUT2D eigenvalue weighted by Crippen LogP contribution is 2.39. The Hall–Kier alpha value is -2.33. The van der Waals surface area contributed by atoms with Crippen molar-refractivity contribution >= 4 is 23.7 Å². The average molecular weight is 387 g/mol. The fraction of sp³-hybridized carbons (Fsp3) is 0.364. The summed E-state index contributed by atoms with van der Waals surface area (Å²) in [5, 5.41) is 15.2. The van der Waals surface area contributed by atoms with Gasteiger partial charge in [-0.2, -0.15) is 5.10 Å². The third kappa shape index (κ3) is 5.10. The van der Waals surface area contributed by atoms with E-state index in [-0.39, 0.29) is 16.7 Å². The quantitative estimate of drug-likeness (QED) is 0.547. The molecule has 0 saturated heterocycles. The largest absolute Gasteiger partial charge is 0.507 e. The molecular formula is C22H27ClN2O2. The van der Waals surface area contributed by atoms with E-state index in [1.54, 1.807) is 30.5 Å². The van der Waals surface area contributed by atoms with Gasteiger partial charge in [0.25, 0.3) is 5.91 Å². The molecule has 0 aliphatic carbocycles. The van der Waals surface area contributed by atoms with Crippen molar-refractivity contribution in [3.05, 3.63) is 63.7 Å². The number of phenolic OH excluding ortho intramolecular Hbond substituents is 1. The highest BCUT2D eigenvalue weighted by molar-refractivity contribution is 6.33. The van der Waals surface area contributed by atoms with Gasteiger partial charge in [-0.05, 0) is 40.7 Å². The molecule has 0 radical (unpaired) electrons. The van der Waals surface area contributed by atoms with E-state index in [1.807, 2.05) is 12.1 Å². The zero-order chi connectivity index (χ0) is 20.4. The molecule has 1 amide bonds. The van der Waals surface area contributed by atoms with Crippen LogP contribution in [0.3, 0.4) is 0 Å². The molecule has 0 unspecified atom stereocenters. The van der Waals surface area contributed by atoms with Crippen molar-refractivity contribution in [2.24, 2.45) is 5.10 Å². The summed E-state index contributed by atoms with van der Waals surface area (Å²) < 4.78 is 0. The molecule has 5 heteroatoms. The topological polar surface area (TPSA) is 61.7 Å². The minimum atomic E-state index is -0.372. The highest BCUT2D eigenvalue weighted by Gasteiger charge is 2.26. The van der Waals surface area contributed by atoms with E-state index >= 15 is 0 Å².